The fraction of sp³-hybridized carbons (Fsp3) is 0.533. The van der Waals surface area contributed by atoms with Gasteiger partial charge in [-0.1, -0.05) is 25.5 Å². The van der Waals surface area contributed by atoms with Crippen molar-refractivity contribution in [3.8, 4) is 0 Å². The molecule has 0 fully saturated rings. The van der Waals surface area contributed by atoms with Crippen LogP contribution in [-0.2, 0) is 12.6 Å². The molecule has 0 aromatic heterocycles. The average molecular weight is 302 g/mol. The number of carbonyl (C=O) groups is 1. The van der Waals surface area contributed by atoms with E-state index < -0.39 is 11.7 Å². The number of unbranched alkanes of at least 4 members (excludes halogenated alkanes) is 1. The first-order valence-electron chi connectivity index (χ1n) is 7.03. The molecule has 118 valence electrons. The third-order valence-electron chi connectivity index (χ3n) is 3.02. The van der Waals surface area contributed by atoms with Crippen LogP contribution >= 0.6 is 0 Å². The van der Waals surface area contributed by atoms with Crippen LogP contribution in [0.5, 0.6) is 0 Å². The molecule has 6 heteroatoms. The van der Waals surface area contributed by atoms with E-state index in [0.29, 0.717) is 13.0 Å². The molecule has 1 unspecified atom stereocenters. The van der Waals surface area contributed by atoms with E-state index >= 15 is 0 Å². The number of hydrogen-bond acceptors (Lipinski definition) is 1. The number of amides is 2. The number of carbonyl (C=O) groups excluding carboxylic acids is 1. The van der Waals surface area contributed by atoms with Crippen molar-refractivity contribution in [3.63, 3.8) is 0 Å². The van der Waals surface area contributed by atoms with E-state index in [-0.39, 0.29) is 12.1 Å². The van der Waals surface area contributed by atoms with Crippen molar-refractivity contribution in [1.29, 1.82) is 0 Å². The van der Waals surface area contributed by atoms with Gasteiger partial charge in [0.05, 0.1) is 5.56 Å². The SMILES string of the molecule is CCCCNC(=O)NC(C)Cc1ccc(C(F)(F)F)cc1. The molecular formula is C15H21F3N2O. The summed E-state index contributed by atoms with van der Waals surface area (Å²) in [5.41, 5.74) is 0.0912. The summed E-state index contributed by atoms with van der Waals surface area (Å²) >= 11 is 0. The standard InChI is InChI=1S/C15H21F3N2O/c1-3-4-9-19-14(21)20-11(2)10-12-5-7-13(8-6-12)15(16,17)18/h5-8,11H,3-4,9-10H2,1-2H3,(H2,19,20,21). The maximum Gasteiger partial charge on any atom is 0.416 e. The van der Waals surface area contributed by atoms with Crippen LogP contribution in [0.2, 0.25) is 0 Å². The van der Waals surface area contributed by atoms with Crippen molar-refractivity contribution < 1.29 is 18.0 Å². The Hall–Kier alpha value is -1.72. The third kappa shape index (κ3) is 6.51. The summed E-state index contributed by atoms with van der Waals surface area (Å²) in [5, 5.41) is 5.49. The molecule has 0 heterocycles. The average Bonchev–Trinajstić information content (AvgIpc) is 2.38. The highest BCUT2D eigenvalue weighted by Crippen LogP contribution is 2.29. The molecule has 0 radical (unpaired) electrons. The number of nitrogens with one attached hydrogen (secondary N) is 2. The van der Waals surface area contributed by atoms with Crippen LogP contribution in [0.3, 0.4) is 0 Å². The normalized spacial score (nSPS) is 12.8. The molecule has 1 aromatic carbocycles. The zero-order chi connectivity index (χ0) is 15.9. The fourth-order valence-corrected chi connectivity index (χ4v) is 1.89. The number of alkyl halides is 3. The molecule has 2 amide bonds. The summed E-state index contributed by atoms with van der Waals surface area (Å²) in [4.78, 5) is 11.5. The van der Waals surface area contributed by atoms with E-state index in [1.807, 2.05) is 13.8 Å². The van der Waals surface area contributed by atoms with Gasteiger partial charge in [-0.05, 0) is 37.5 Å². The van der Waals surface area contributed by atoms with Crippen molar-refractivity contribution in [2.24, 2.45) is 0 Å². The Morgan fingerprint density at radius 1 is 1.24 bits per heavy atom. The number of halogens is 3. The zero-order valence-electron chi connectivity index (χ0n) is 12.3. The first kappa shape index (κ1) is 17.3. The molecule has 2 N–H and O–H groups in total. The quantitative estimate of drug-likeness (QED) is 0.772. The second-order valence-corrected chi connectivity index (χ2v) is 5.05. The molecule has 1 rings (SSSR count). The lowest BCUT2D eigenvalue weighted by Gasteiger charge is -2.15. The first-order chi connectivity index (χ1) is 9.82. The maximum absolute atomic E-state index is 12.4. The predicted octanol–water partition coefficient (Wildman–Crippen LogP) is 3.74. The topological polar surface area (TPSA) is 41.1 Å². The minimum atomic E-state index is -4.32. The lowest BCUT2D eigenvalue weighted by molar-refractivity contribution is -0.137. The highest BCUT2D eigenvalue weighted by Gasteiger charge is 2.29. The Bertz CT molecular complexity index is 443. The highest BCUT2D eigenvalue weighted by atomic mass is 19.4. The number of urea groups is 1. The molecule has 1 aromatic rings. The summed E-state index contributed by atoms with van der Waals surface area (Å²) in [7, 11) is 0. The summed E-state index contributed by atoms with van der Waals surface area (Å²) in [6.45, 7) is 4.47. The van der Waals surface area contributed by atoms with E-state index in [1.54, 1.807) is 0 Å². The van der Waals surface area contributed by atoms with Crippen LogP contribution in [0.25, 0.3) is 0 Å². The van der Waals surface area contributed by atoms with Crippen molar-refractivity contribution in [3.05, 3.63) is 35.4 Å². The minimum Gasteiger partial charge on any atom is -0.338 e. The van der Waals surface area contributed by atoms with E-state index in [9.17, 15) is 18.0 Å². The van der Waals surface area contributed by atoms with Gasteiger partial charge in [0.2, 0.25) is 0 Å². The van der Waals surface area contributed by atoms with Gasteiger partial charge in [0.1, 0.15) is 0 Å². The summed E-state index contributed by atoms with van der Waals surface area (Å²) < 4.78 is 37.3. The minimum absolute atomic E-state index is 0.150. The molecule has 0 spiro atoms. The summed E-state index contributed by atoms with van der Waals surface area (Å²) in [5.74, 6) is 0. The highest BCUT2D eigenvalue weighted by molar-refractivity contribution is 5.74. The van der Waals surface area contributed by atoms with E-state index in [2.05, 4.69) is 10.6 Å². The van der Waals surface area contributed by atoms with Crippen molar-refractivity contribution in [1.82, 2.24) is 10.6 Å². The smallest absolute Gasteiger partial charge is 0.338 e. The number of benzene rings is 1. The molecule has 0 aliphatic rings. The van der Waals surface area contributed by atoms with Gasteiger partial charge in [-0.2, -0.15) is 13.2 Å². The molecule has 0 saturated heterocycles. The second-order valence-electron chi connectivity index (χ2n) is 5.05. The number of rotatable bonds is 6. The Kier molecular flexibility index (Phi) is 6.52. The van der Waals surface area contributed by atoms with Gasteiger partial charge in [-0.3, -0.25) is 0 Å². The van der Waals surface area contributed by atoms with Crippen molar-refractivity contribution in [2.45, 2.75) is 45.3 Å². The van der Waals surface area contributed by atoms with Crippen molar-refractivity contribution in [2.75, 3.05) is 6.54 Å². The van der Waals surface area contributed by atoms with Gasteiger partial charge in [0.25, 0.3) is 0 Å². The van der Waals surface area contributed by atoms with Gasteiger partial charge in [0.15, 0.2) is 0 Å². The van der Waals surface area contributed by atoms with E-state index in [1.165, 1.54) is 12.1 Å². The zero-order valence-corrected chi connectivity index (χ0v) is 12.3. The predicted molar refractivity (Wildman–Crippen MR) is 76.1 cm³/mol. The Labute approximate surface area is 122 Å². The number of hydrogen-bond donors (Lipinski definition) is 2. The van der Waals surface area contributed by atoms with Crippen LogP contribution in [-0.4, -0.2) is 18.6 Å². The maximum atomic E-state index is 12.4. The molecule has 21 heavy (non-hydrogen) atoms. The van der Waals surface area contributed by atoms with Crippen molar-refractivity contribution >= 4 is 6.03 Å². The van der Waals surface area contributed by atoms with E-state index in [4.69, 9.17) is 0 Å². The molecule has 1 atom stereocenters. The lowest BCUT2D eigenvalue weighted by atomic mass is 10.1. The van der Waals surface area contributed by atoms with Gasteiger partial charge >= 0.3 is 12.2 Å². The first-order valence-corrected chi connectivity index (χ1v) is 7.03. The van der Waals surface area contributed by atoms with Gasteiger partial charge in [0, 0.05) is 12.6 Å². The van der Waals surface area contributed by atoms with Crippen LogP contribution in [0, 0.1) is 0 Å². The van der Waals surface area contributed by atoms with Crippen LogP contribution in [0.15, 0.2) is 24.3 Å². The molecule has 0 aliphatic carbocycles. The summed E-state index contributed by atoms with van der Waals surface area (Å²) in [6, 6.07) is 4.60. The van der Waals surface area contributed by atoms with Gasteiger partial charge in [-0.15, -0.1) is 0 Å². The Morgan fingerprint density at radius 2 is 1.86 bits per heavy atom. The Morgan fingerprint density at radius 3 is 2.38 bits per heavy atom. The van der Waals surface area contributed by atoms with Gasteiger partial charge in [-0.25, -0.2) is 4.79 Å². The fourth-order valence-electron chi connectivity index (χ4n) is 1.89. The molecule has 0 saturated carbocycles. The monoisotopic (exact) mass is 302 g/mol. The van der Waals surface area contributed by atoms with Crippen LogP contribution in [0.1, 0.15) is 37.8 Å². The molecule has 0 aliphatic heterocycles. The summed E-state index contributed by atoms with van der Waals surface area (Å²) in [6.07, 6.45) is -1.91. The molecule has 0 bridgehead atoms. The van der Waals surface area contributed by atoms with Gasteiger partial charge < -0.3 is 10.6 Å². The second kappa shape index (κ2) is 7.90. The Balaban J connectivity index is 2.44. The third-order valence-corrected chi connectivity index (χ3v) is 3.02. The van der Waals surface area contributed by atoms with Crippen LogP contribution < -0.4 is 10.6 Å². The van der Waals surface area contributed by atoms with Crippen LogP contribution in [0.4, 0.5) is 18.0 Å². The lowest BCUT2D eigenvalue weighted by Crippen LogP contribution is -2.41. The van der Waals surface area contributed by atoms with E-state index in [0.717, 1.165) is 30.5 Å². The molecular weight excluding hydrogens is 281 g/mol. The molecule has 3 nitrogen and oxygen atoms in total. The largest absolute Gasteiger partial charge is 0.416 e.